The van der Waals surface area contributed by atoms with E-state index in [0.717, 1.165) is 12.8 Å². The number of carbonyl (C=O) groups is 2. The third kappa shape index (κ3) is 2.76. The third-order valence-corrected chi connectivity index (χ3v) is 5.87. The largest absolute Gasteiger partial charge is 0.335 e. The smallest absolute Gasteiger partial charge is 0.234 e. The maximum atomic E-state index is 13.0. The van der Waals surface area contributed by atoms with Crippen LogP contribution in [0.4, 0.5) is 0 Å². The van der Waals surface area contributed by atoms with Crippen LogP contribution in [0.1, 0.15) is 40.4 Å². The highest BCUT2D eigenvalue weighted by Gasteiger charge is 2.42. The Bertz CT molecular complexity index is 844. The predicted molar refractivity (Wildman–Crippen MR) is 98.1 cm³/mol. The molecule has 0 aromatic heterocycles. The van der Waals surface area contributed by atoms with Crippen molar-refractivity contribution in [3.05, 3.63) is 69.2 Å². The van der Waals surface area contributed by atoms with E-state index in [1.54, 1.807) is 18.2 Å². The first kappa shape index (κ1) is 16.6. The summed E-state index contributed by atoms with van der Waals surface area (Å²) in [6.45, 7) is 0.594. The van der Waals surface area contributed by atoms with Crippen LogP contribution in [0.25, 0.3) is 0 Å². The fourth-order valence-corrected chi connectivity index (χ4v) is 4.60. The van der Waals surface area contributed by atoms with E-state index in [0.29, 0.717) is 23.0 Å². The normalized spacial score (nSPS) is 22.3. The van der Waals surface area contributed by atoms with Crippen LogP contribution in [0.15, 0.2) is 42.5 Å². The van der Waals surface area contributed by atoms with E-state index in [4.69, 9.17) is 23.2 Å². The number of benzene rings is 2. The van der Waals surface area contributed by atoms with Crippen molar-refractivity contribution in [3.8, 4) is 0 Å². The van der Waals surface area contributed by atoms with E-state index in [1.165, 1.54) is 11.1 Å². The molecule has 0 spiro atoms. The highest BCUT2D eigenvalue weighted by Crippen LogP contribution is 2.40. The molecule has 0 saturated carbocycles. The quantitative estimate of drug-likeness (QED) is 0.576. The molecule has 0 N–H and O–H groups in total. The summed E-state index contributed by atoms with van der Waals surface area (Å²) in [5.74, 6) is -1.07. The van der Waals surface area contributed by atoms with Gasteiger partial charge in [-0.15, -0.1) is 0 Å². The summed E-state index contributed by atoms with van der Waals surface area (Å²) in [5, 5.41) is 0.602. The van der Waals surface area contributed by atoms with Gasteiger partial charge >= 0.3 is 0 Å². The molecular formula is C20H17Cl2NO2. The molecule has 0 radical (unpaired) electrons. The van der Waals surface area contributed by atoms with Gasteiger partial charge in [-0.1, -0.05) is 53.5 Å². The minimum Gasteiger partial charge on any atom is -0.335 e. The lowest BCUT2D eigenvalue weighted by Gasteiger charge is -2.25. The number of rotatable bonds is 3. The summed E-state index contributed by atoms with van der Waals surface area (Å²) < 4.78 is 0. The number of fused-ring (bicyclic) bond motifs is 1. The second-order valence-corrected chi connectivity index (χ2v) is 7.40. The van der Waals surface area contributed by atoms with Crippen LogP contribution >= 0.6 is 23.2 Å². The molecule has 2 aromatic carbocycles. The Balaban J connectivity index is 1.60. The number of likely N-dealkylation sites (tertiary alicyclic amines) is 1. The lowest BCUT2D eigenvalue weighted by Crippen LogP contribution is -2.33. The molecule has 2 aromatic rings. The van der Waals surface area contributed by atoms with Gasteiger partial charge in [-0.25, -0.2) is 0 Å². The summed E-state index contributed by atoms with van der Waals surface area (Å²) in [7, 11) is 0. The molecule has 1 fully saturated rings. The van der Waals surface area contributed by atoms with E-state index in [1.807, 2.05) is 17.0 Å². The van der Waals surface area contributed by atoms with E-state index in [-0.39, 0.29) is 23.3 Å². The van der Waals surface area contributed by atoms with Crippen molar-refractivity contribution >= 4 is 34.9 Å². The number of amides is 1. The third-order valence-electron chi connectivity index (χ3n) is 5.24. The molecular weight excluding hydrogens is 357 g/mol. The zero-order valence-corrected chi connectivity index (χ0v) is 15.1. The molecule has 4 rings (SSSR count). The Hall–Kier alpha value is -1.84. The molecule has 128 valence electrons. The van der Waals surface area contributed by atoms with Gasteiger partial charge in [-0.2, -0.15) is 0 Å². The van der Waals surface area contributed by atoms with Crippen molar-refractivity contribution in [1.82, 2.24) is 4.90 Å². The minimum atomic E-state index is -0.690. The Morgan fingerprint density at radius 3 is 2.48 bits per heavy atom. The van der Waals surface area contributed by atoms with Crippen molar-refractivity contribution in [3.63, 3.8) is 0 Å². The fourth-order valence-electron chi connectivity index (χ4n) is 4.02. The molecule has 1 heterocycles. The number of hydrogen-bond donors (Lipinski definition) is 0. The standard InChI is InChI=1S/C20H17Cl2NO2/c21-15-6-3-7-16(22)18(15)19(24)14-10-11-23(20(14)25)17-9-8-12-4-1-2-5-13(12)17/h1-7,14,17H,8-11H2. The van der Waals surface area contributed by atoms with Gasteiger partial charge in [0.2, 0.25) is 5.91 Å². The molecule has 0 bridgehead atoms. The molecule has 2 atom stereocenters. The minimum absolute atomic E-state index is 0.0724. The number of Topliss-reactive ketones (excluding diaryl/α,β-unsaturated/α-hetero) is 1. The van der Waals surface area contributed by atoms with E-state index in [9.17, 15) is 9.59 Å². The van der Waals surface area contributed by atoms with Gasteiger partial charge < -0.3 is 4.90 Å². The average Bonchev–Trinajstić information content (AvgIpc) is 3.18. The summed E-state index contributed by atoms with van der Waals surface area (Å²) >= 11 is 12.3. The van der Waals surface area contributed by atoms with Crippen LogP contribution in [0, 0.1) is 5.92 Å². The molecule has 5 heteroatoms. The first-order valence-corrected chi connectivity index (χ1v) is 9.20. The van der Waals surface area contributed by atoms with Crippen LogP contribution in [0.5, 0.6) is 0 Å². The number of ketones is 1. The molecule has 1 aliphatic carbocycles. The summed E-state index contributed by atoms with van der Waals surface area (Å²) in [6, 6.07) is 13.3. The molecule has 3 nitrogen and oxygen atoms in total. The monoisotopic (exact) mass is 373 g/mol. The summed E-state index contributed by atoms with van der Waals surface area (Å²) in [6.07, 6.45) is 2.40. The van der Waals surface area contributed by atoms with Crippen LogP contribution in [0.3, 0.4) is 0 Å². The lowest BCUT2D eigenvalue weighted by molar-refractivity contribution is -0.131. The number of carbonyl (C=O) groups excluding carboxylic acids is 2. The number of hydrogen-bond acceptors (Lipinski definition) is 2. The van der Waals surface area contributed by atoms with E-state index in [2.05, 4.69) is 12.1 Å². The van der Waals surface area contributed by atoms with Crippen molar-refractivity contribution in [1.29, 1.82) is 0 Å². The number of halogens is 2. The predicted octanol–water partition coefficient (Wildman–Crippen LogP) is 4.71. The van der Waals surface area contributed by atoms with Gasteiger partial charge in [0, 0.05) is 6.54 Å². The Labute approximate surface area is 156 Å². The van der Waals surface area contributed by atoms with Crippen LogP contribution in [0.2, 0.25) is 10.0 Å². The van der Waals surface area contributed by atoms with Crippen molar-refractivity contribution in [2.45, 2.75) is 25.3 Å². The Morgan fingerprint density at radius 1 is 1.00 bits per heavy atom. The first-order valence-electron chi connectivity index (χ1n) is 8.44. The molecule has 2 aliphatic rings. The van der Waals surface area contributed by atoms with Crippen molar-refractivity contribution in [2.24, 2.45) is 5.92 Å². The summed E-state index contributed by atoms with van der Waals surface area (Å²) in [5.41, 5.74) is 2.77. The molecule has 25 heavy (non-hydrogen) atoms. The van der Waals surface area contributed by atoms with Gasteiger partial charge in [0.25, 0.3) is 0 Å². The summed E-state index contributed by atoms with van der Waals surface area (Å²) in [4.78, 5) is 27.7. The lowest BCUT2D eigenvalue weighted by atomic mass is 9.96. The Morgan fingerprint density at radius 2 is 1.72 bits per heavy atom. The van der Waals surface area contributed by atoms with Crippen LogP contribution < -0.4 is 0 Å². The highest BCUT2D eigenvalue weighted by molar-refractivity contribution is 6.40. The number of aryl methyl sites for hydroxylation is 1. The van der Waals surface area contributed by atoms with Gasteiger partial charge in [0.15, 0.2) is 5.78 Å². The molecule has 1 amide bonds. The Kier molecular flexibility index (Phi) is 4.30. The van der Waals surface area contributed by atoms with Crippen molar-refractivity contribution in [2.75, 3.05) is 6.54 Å². The molecule has 1 aliphatic heterocycles. The van der Waals surface area contributed by atoms with Gasteiger partial charge in [0.1, 0.15) is 5.92 Å². The zero-order valence-electron chi connectivity index (χ0n) is 13.5. The second kappa shape index (κ2) is 6.47. The van der Waals surface area contributed by atoms with Crippen molar-refractivity contribution < 1.29 is 9.59 Å². The van der Waals surface area contributed by atoms with Gasteiger partial charge in [0.05, 0.1) is 21.7 Å². The molecule has 1 saturated heterocycles. The van der Waals surface area contributed by atoms with Crippen LogP contribution in [-0.2, 0) is 11.2 Å². The second-order valence-electron chi connectivity index (χ2n) is 6.59. The zero-order chi connectivity index (χ0) is 17.6. The molecule has 2 unspecified atom stereocenters. The van der Waals surface area contributed by atoms with Gasteiger partial charge in [-0.3, -0.25) is 9.59 Å². The maximum absolute atomic E-state index is 13.0. The average molecular weight is 374 g/mol. The fraction of sp³-hybridized carbons (Fsp3) is 0.300. The highest BCUT2D eigenvalue weighted by atomic mass is 35.5. The topological polar surface area (TPSA) is 37.4 Å². The van der Waals surface area contributed by atoms with Crippen LogP contribution in [-0.4, -0.2) is 23.1 Å². The van der Waals surface area contributed by atoms with E-state index < -0.39 is 5.92 Å². The first-order chi connectivity index (χ1) is 12.1. The SMILES string of the molecule is O=C(c1c(Cl)cccc1Cl)C1CCN(C2CCc3ccccc32)C1=O. The van der Waals surface area contributed by atoms with E-state index >= 15 is 0 Å². The van der Waals surface area contributed by atoms with Gasteiger partial charge in [-0.05, 0) is 42.5 Å². The maximum Gasteiger partial charge on any atom is 0.234 e. The number of nitrogens with zero attached hydrogens (tertiary/aromatic N) is 1.